The van der Waals surface area contributed by atoms with E-state index in [9.17, 15) is 8.78 Å². The summed E-state index contributed by atoms with van der Waals surface area (Å²) in [4.78, 5) is 0. The molecule has 0 heterocycles. The van der Waals surface area contributed by atoms with Crippen molar-refractivity contribution in [2.24, 2.45) is 11.8 Å². The highest BCUT2D eigenvalue weighted by molar-refractivity contribution is 4.94. The minimum atomic E-state index is -2.29. The van der Waals surface area contributed by atoms with E-state index in [0.29, 0.717) is 19.1 Å². The summed E-state index contributed by atoms with van der Waals surface area (Å²) in [5.41, 5.74) is 0. The first-order valence-electron chi connectivity index (χ1n) is 6.01. The molecule has 0 spiro atoms. The van der Waals surface area contributed by atoms with Crippen molar-refractivity contribution in [3.8, 4) is 0 Å². The van der Waals surface area contributed by atoms with Crippen LogP contribution in [0.5, 0.6) is 0 Å². The molecule has 0 radical (unpaired) electrons. The molecule has 4 heteroatoms. The van der Waals surface area contributed by atoms with Gasteiger partial charge in [-0.2, -0.15) is 0 Å². The quantitative estimate of drug-likeness (QED) is 0.483. The molecule has 0 aliphatic rings. The topological polar surface area (TPSA) is 24.1 Å². The van der Waals surface area contributed by atoms with E-state index in [1.807, 2.05) is 26.0 Å². The molecule has 0 amide bonds. The first-order valence-corrected chi connectivity index (χ1v) is 6.01. The fraction of sp³-hybridized carbons (Fsp3) is 0.692. The number of nitrogens with one attached hydrogen (secondary N) is 2. The SMILES string of the molecule is C=CNC/C=C/[C@@H](CNC(C)C)[C@@H](C)C(F)F. The lowest BCUT2D eigenvalue weighted by Crippen LogP contribution is -2.33. The minimum absolute atomic E-state index is 0.149. The third kappa shape index (κ3) is 7.91. The van der Waals surface area contributed by atoms with Gasteiger partial charge in [0.1, 0.15) is 0 Å². The molecule has 100 valence electrons. The third-order valence-electron chi connectivity index (χ3n) is 2.60. The second-order valence-corrected chi connectivity index (χ2v) is 4.46. The minimum Gasteiger partial charge on any atom is -0.388 e. The van der Waals surface area contributed by atoms with Crippen LogP contribution in [0.1, 0.15) is 20.8 Å². The fourth-order valence-electron chi connectivity index (χ4n) is 1.38. The number of halogens is 2. The molecular formula is C13H24F2N2. The van der Waals surface area contributed by atoms with Crippen molar-refractivity contribution >= 4 is 0 Å². The molecule has 0 bridgehead atoms. The zero-order valence-electron chi connectivity index (χ0n) is 10.9. The summed E-state index contributed by atoms with van der Waals surface area (Å²) < 4.78 is 25.4. The molecule has 2 N–H and O–H groups in total. The number of hydrogen-bond donors (Lipinski definition) is 2. The van der Waals surface area contributed by atoms with E-state index in [-0.39, 0.29) is 5.92 Å². The molecular weight excluding hydrogens is 222 g/mol. The van der Waals surface area contributed by atoms with Gasteiger partial charge in [-0.3, -0.25) is 0 Å². The molecule has 0 aromatic heterocycles. The van der Waals surface area contributed by atoms with E-state index in [2.05, 4.69) is 17.2 Å². The van der Waals surface area contributed by atoms with Gasteiger partial charge >= 0.3 is 0 Å². The highest BCUT2D eigenvalue weighted by Crippen LogP contribution is 2.20. The summed E-state index contributed by atoms with van der Waals surface area (Å²) in [6.07, 6.45) is 3.02. The van der Waals surface area contributed by atoms with Gasteiger partial charge in [0.05, 0.1) is 0 Å². The van der Waals surface area contributed by atoms with E-state index in [1.54, 1.807) is 13.1 Å². The summed E-state index contributed by atoms with van der Waals surface area (Å²) in [6.45, 7) is 10.3. The molecule has 0 saturated heterocycles. The van der Waals surface area contributed by atoms with E-state index in [0.717, 1.165) is 0 Å². The molecule has 0 aromatic rings. The molecule has 0 unspecified atom stereocenters. The predicted octanol–water partition coefficient (Wildman–Crippen LogP) is 2.79. The molecule has 17 heavy (non-hydrogen) atoms. The summed E-state index contributed by atoms with van der Waals surface area (Å²) in [6, 6.07) is 0.307. The number of alkyl halides is 2. The maximum absolute atomic E-state index is 12.7. The maximum atomic E-state index is 12.7. The smallest absolute Gasteiger partial charge is 0.241 e. The third-order valence-corrected chi connectivity index (χ3v) is 2.60. The Labute approximate surface area is 103 Å². The molecule has 0 aliphatic carbocycles. The van der Waals surface area contributed by atoms with Crippen molar-refractivity contribution in [2.45, 2.75) is 33.2 Å². The van der Waals surface area contributed by atoms with E-state index in [1.165, 1.54) is 0 Å². The van der Waals surface area contributed by atoms with Crippen LogP contribution in [0.15, 0.2) is 24.9 Å². The van der Waals surface area contributed by atoms with Crippen LogP contribution in [-0.2, 0) is 0 Å². The molecule has 2 atom stereocenters. The fourth-order valence-corrected chi connectivity index (χ4v) is 1.38. The van der Waals surface area contributed by atoms with Gasteiger partial charge in [-0.05, 0) is 12.1 Å². The first-order chi connectivity index (χ1) is 7.99. The van der Waals surface area contributed by atoms with Gasteiger partial charge in [-0.15, -0.1) is 0 Å². The Morgan fingerprint density at radius 3 is 2.35 bits per heavy atom. The van der Waals surface area contributed by atoms with Crippen LogP contribution >= 0.6 is 0 Å². The molecule has 0 rings (SSSR count). The van der Waals surface area contributed by atoms with Crippen LogP contribution < -0.4 is 10.6 Å². The van der Waals surface area contributed by atoms with Gasteiger partial charge in [0.25, 0.3) is 0 Å². The van der Waals surface area contributed by atoms with Gasteiger partial charge < -0.3 is 10.6 Å². The van der Waals surface area contributed by atoms with Gasteiger partial charge in [0.15, 0.2) is 0 Å². The lowest BCUT2D eigenvalue weighted by Gasteiger charge is -2.22. The van der Waals surface area contributed by atoms with Crippen molar-refractivity contribution in [1.29, 1.82) is 0 Å². The van der Waals surface area contributed by atoms with Crippen LogP contribution in [-0.4, -0.2) is 25.6 Å². The highest BCUT2D eigenvalue weighted by atomic mass is 19.3. The Morgan fingerprint density at radius 1 is 1.24 bits per heavy atom. The van der Waals surface area contributed by atoms with Crippen LogP contribution in [0.3, 0.4) is 0 Å². The normalized spacial score (nSPS) is 15.5. The maximum Gasteiger partial charge on any atom is 0.241 e. The van der Waals surface area contributed by atoms with Gasteiger partial charge in [0.2, 0.25) is 6.43 Å². The summed E-state index contributed by atoms with van der Waals surface area (Å²) in [7, 11) is 0. The second-order valence-electron chi connectivity index (χ2n) is 4.46. The zero-order chi connectivity index (χ0) is 13.3. The average molecular weight is 246 g/mol. The molecule has 0 aromatic carbocycles. The Hall–Kier alpha value is -0.900. The van der Waals surface area contributed by atoms with Gasteiger partial charge in [0, 0.05) is 25.0 Å². The standard InChI is InChI=1S/C13H24F2N2/c1-5-16-8-6-7-12(9-17-10(2)3)11(4)13(14)15/h5-7,10-13,16-17H,1,8-9H2,2-4H3/b7-6+/t11-,12+/m1/s1. The van der Waals surface area contributed by atoms with Crippen molar-refractivity contribution < 1.29 is 8.78 Å². The lowest BCUT2D eigenvalue weighted by atomic mass is 9.93. The Bertz CT molecular complexity index is 227. The van der Waals surface area contributed by atoms with E-state index >= 15 is 0 Å². The zero-order valence-corrected chi connectivity index (χ0v) is 10.9. The Morgan fingerprint density at radius 2 is 1.88 bits per heavy atom. The van der Waals surface area contributed by atoms with Crippen LogP contribution in [0.25, 0.3) is 0 Å². The second kappa shape index (κ2) is 9.16. The van der Waals surface area contributed by atoms with E-state index in [4.69, 9.17) is 0 Å². The summed E-state index contributed by atoms with van der Waals surface area (Å²) in [5.74, 6) is -0.787. The van der Waals surface area contributed by atoms with Crippen LogP contribution in [0.4, 0.5) is 8.78 Å². The number of hydrogen-bond acceptors (Lipinski definition) is 2. The lowest BCUT2D eigenvalue weighted by molar-refractivity contribution is 0.0642. The van der Waals surface area contributed by atoms with Crippen molar-refractivity contribution in [1.82, 2.24) is 10.6 Å². The predicted molar refractivity (Wildman–Crippen MR) is 69.1 cm³/mol. The summed E-state index contributed by atoms with van der Waals surface area (Å²) >= 11 is 0. The highest BCUT2D eigenvalue weighted by Gasteiger charge is 2.23. The van der Waals surface area contributed by atoms with Crippen molar-refractivity contribution in [3.05, 3.63) is 24.9 Å². The van der Waals surface area contributed by atoms with E-state index < -0.39 is 12.3 Å². The summed E-state index contributed by atoms with van der Waals surface area (Å²) in [5, 5.41) is 6.10. The average Bonchev–Trinajstić information content (AvgIpc) is 2.26. The number of rotatable bonds is 9. The molecule has 0 fully saturated rings. The van der Waals surface area contributed by atoms with Crippen molar-refractivity contribution in [3.63, 3.8) is 0 Å². The van der Waals surface area contributed by atoms with Gasteiger partial charge in [-0.1, -0.05) is 39.5 Å². The molecule has 0 aliphatic heterocycles. The molecule has 2 nitrogen and oxygen atoms in total. The van der Waals surface area contributed by atoms with Crippen LogP contribution in [0, 0.1) is 11.8 Å². The Balaban J connectivity index is 4.28. The largest absolute Gasteiger partial charge is 0.388 e. The Kier molecular flexibility index (Phi) is 8.68. The first kappa shape index (κ1) is 16.1. The van der Waals surface area contributed by atoms with Gasteiger partial charge in [-0.25, -0.2) is 8.78 Å². The van der Waals surface area contributed by atoms with Crippen LogP contribution in [0.2, 0.25) is 0 Å². The monoisotopic (exact) mass is 246 g/mol. The molecule has 0 saturated carbocycles. The van der Waals surface area contributed by atoms with Crippen molar-refractivity contribution in [2.75, 3.05) is 13.1 Å².